The molecule has 2 heterocycles. The van der Waals surface area contributed by atoms with Gasteiger partial charge in [-0.1, -0.05) is 13.0 Å². The SMILES string of the molecule is CC1CCN(c2cccc(C(=O)O)n2)C1CO. The molecule has 0 amide bonds. The van der Waals surface area contributed by atoms with E-state index in [0.717, 1.165) is 13.0 Å². The van der Waals surface area contributed by atoms with Crippen LogP contribution >= 0.6 is 0 Å². The van der Waals surface area contributed by atoms with Gasteiger partial charge >= 0.3 is 5.97 Å². The van der Waals surface area contributed by atoms with Crippen LogP contribution in [0.2, 0.25) is 0 Å². The topological polar surface area (TPSA) is 73.7 Å². The minimum absolute atomic E-state index is 0.0338. The first kappa shape index (κ1) is 11.9. The summed E-state index contributed by atoms with van der Waals surface area (Å²) in [6.45, 7) is 2.96. The number of hydrogen-bond acceptors (Lipinski definition) is 4. The first-order chi connectivity index (χ1) is 8.13. The molecule has 92 valence electrons. The number of rotatable bonds is 3. The Labute approximate surface area is 99.7 Å². The molecule has 1 aromatic heterocycles. The van der Waals surface area contributed by atoms with Crippen LogP contribution in [0.4, 0.5) is 5.82 Å². The number of carbonyl (C=O) groups is 1. The fraction of sp³-hybridized carbons (Fsp3) is 0.500. The van der Waals surface area contributed by atoms with Gasteiger partial charge in [0.05, 0.1) is 12.6 Å². The Morgan fingerprint density at radius 3 is 3.00 bits per heavy atom. The molecule has 1 aromatic rings. The van der Waals surface area contributed by atoms with Crippen molar-refractivity contribution in [3.63, 3.8) is 0 Å². The fourth-order valence-electron chi connectivity index (χ4n) is 2.27. The van der Waals surface area contributed by atoms with Crippen molar-refractivity contribution in [2.45, 2.75) is 19.4 Å². The lowest BCUT2D eigenvalue weighted by Crippen LogP contribution is -2.35. The standard InChI is InChI=1S/C12H16N2O3/c1-8-5-6-14(10(8)7-15)11-4-2-3-9(13-11)12(16)17/h2-4,8,10,15H,5-7H2,1H3,(H,16,17). The summed E-state index contributed by atoms with van der Waals surface area (Å²) >= 11 is 0. The first-order valence-corrected chi connectivity index (χ1v) is 5.71. The van der Waals surface area contributed by atoms with Gasteiger partial charge in [-0.05, 0) is 24.5 Å². The van der Waals surface area contributed by atoms with E-state index >= 15 is 0 Å². The highest BCUT2D eigenvalue weighted by Gasteiger charge is 2.31. The Balaban J connectivity index is 2.28. The molecule has 0 bridgehead atoms. The number of nitrogens with zero attached hydrogens (tertiary/aromatic N) is 2. The highest BCUT2D eigenvalue weighted by Crippen LogP contribution is 2.28. The maximum absolute atomic E-state index is 10.9. The molecule has 0 aliphatic carbocycles. The van der Waals surface area contributed by atoms with E-state index in [1.54, 1.807) is 12.1 Å². The molecular formula is C12H16N2O3. The smallest absolute Gasteiger partial charge is 0.354 e. The molecule has 2 N–H and O–H groups in total. The molecule has 2 atom stereocenters. The Bertz CT molecular complexity index is 422. The van der Waals surface area contributed by atoms with Crippen LogP contribution in [0.5, 0.6) is 0 Å². The number of hydrogen-bond donors (Lipinski definition) is 2. The van der Waals surface area contributed by atoms with Crippen LogP contribution in [-0.4, -0.2) is 40.4 Å². The summed E-state index contributed by atoms with van der Waals surface area (Å²) < 4.78 is 0. The monoisotopic (exact) mass is 236 g/mol. The maximum atomic E-state index is 10.9. The summed E-state index contributed by atoms with van der Waals surface area (Å²) in [5, 5.41) is 18.3. The molecule has 5 nitrogen and oxygen atoms in total. The molecule has 5 heteroatoms. The number of aromatic nitrogens is 1. The maximum Gasteiger partial charge on any atom is 0.354 e. The van der Waals surface area contributed by atoms with Crippen LogP contribution < -0.4 is 4.90 Å². The zero-order valence-corrected chi connectivity index (χ0v) is 9.71. The van der Waals surface area contributed by atoms with Gasteiger partial charge in [-0.2, -0.15) is 0 Å². The fourth-order valence-corrected chi connectivity index (χ4v) is 2.27. The van der Waals surface area contributed by atoms with Crippen LogP contribution in [0.3, 0.4) is 0 Å². The van der Waals surface area contributed by atoms with E-state index < -0.39 is 5.97 Å². The molecule has 0 radical (unpaired) electrons. The third kappa shape index (κ3) is 2.24. The van der Waals surface area contributed by atoms with E-state index in [1.807, 2.05) is 4.90 Å². The second kappa shape index (κ2) is 4.71. The van der Waals surface area contributed by atoms with Crippen molar-refractivity contribution in [3.8, 4) is 0 Å². The van der Waals surface area contributed by atoms with Crippen LogP contribution in [0.15, 0.2) is 18.2 Å². The molecule has 2 rings (SSSR count). The van der Waals surface area contributed by atoms with Gasteiger partial charge in [-0.3, -0.25) is 0 Å². The van der Waals surface area contributed by atoms with Crippen molar-refractivity contribution in [1.82, 2.24) is 4.98 Å². The Hall–Kier alpha value is -1.62. The van der Waals surface area contributed by atoms with Gasteiger partial charge in [0.2, 0.25) is 0 Å². The largest absolute Gasteiger partial charge is 0.477 e. The quantitative estimate of drug-likeness (QED) is 0.818. The minimum Gasteiger partial charge on any atom is -0.477 e. The number of aliphatic hydroxyl groups is 1. The molecule has 0 spiro atoms. The molecule has 0 aromatic carbocycles. The van der Waals surface area contributed by atoms with E-state index in [9.17, 15) is 9.90 Å². The average Bonchev–Trinajstić information content (AvgIpc) is 2.70. The third-order valence-electron chi connectivity index (χ3n) is 3.32. The molecule has 1 fully saturated rings. The van der Waals surface area contributed by atoms with Gasteiger partial charge in [-0.25, -0.2) is 9.78 Å². The molecular weight excluding hydrogens is 220 g/mol. The number of anilines is 1. The predicted molar refractivity (Wildman–Crippen MR) is 63.2 cm³/mol. The lowest BCUT2D eigenvalue weighted by molar-refractivity contribution is 0.0690. The normalized spacial score (nSPS) is 24.0. The Morgan fingerprint density at radius 2 is 2.35 bits per heavy atom. The van der Waals surface area contributed by atoms with Crippen molar-refractivity contribution >= 4 is 11.8 Å². The first-order valence-electron chi connectivity index (χ1n) is 5.71. The van der Waals surface area contributed by atoms with Crippen molar-refractivity contribution < 1.29 is 15.0 Å². The summed E-state index contributed by atoms with van der Waals surface area (Å²) in [4.78, 5) is 16.9. The van der Waals surface area contributed by atoms with Gasteiger partial charge in [0.1, 0.15) is 5.82 Å². The van der Waals surface area contributed by atoms with Crippen molar-refractivity contribution in [3.05, 3.63) is 23.9 Å². The van der Waals surface area contributed by atoms with Gasteiger partial charge in [-0.15, -0.1) is 0 Å². The van der Waals surface area contributed by atoms with E-state index in [1.165, 1.54) is 6.07 Å². The Morgan fingerprint density at radius 1 is 1.59 bits per heavy atom. The zero-order chi connectivity index (χ0) is 12.4. The molecule has 2 unspecified atom stereocenters. The van der Waals surface area contributed by atoms with E-state index in [2.05, 4.69) is 11.9 Å². The highest BCUT2D eigenvalue weighted by molar-refractivity contribution is 5.85. The minimum atomic E-state index is -1.03. The lowest BCUT2D eigenvalue weighted by Gasteiger charge is -2.26. The van der Waals surface area contributed by atoms with Gasteiger partial charge in [0.15, 0.2) is 5.69 Å². The van der Waals surface area contributed by atoms with E-state index in [0.29, 0.717) is 11.7 Å². The summed E-state index contributed by atoms with van der Waals surface area (Å²) in [7, 11) is 0. The number of carboxylic acid groups (broad SMARTS) is 1. The van der Waals surface area contributed by atoms with Crippen LogP contribution in [0.25, 0.3) is 0 Å². The Kier molecular flexibility index (Phi) is 3.28. The zero-order valence-electron chi connectivity index (χ0n) is 9.71. The predicted octanol–water partition coefficient (Wildman–Crippen LogP) is 0.987. The average molecular weight is 236 g/mol. The van der Waals surface area contributed by atoms with Gasteiger partial charge in [0, 0.05) is 6.54 Å². The summed E-state index contributed by atoms with van der Waals surface area (Å²) in [5.41, 5.74) is 0.0405. The highest BCUT2D eigenvalue weighted by atomic mass is 16.4. The summed E-state index contributed by atoms with van der Waals surface area (Å²) in [5.74, 6) is 0.00299. The third-order valence-corrected chi connectivity index (χ3v) is 3.32. The van der Waals surface area contributed by atoms with Crippen molar-refractivity contribution in [1.29, 1.82) is 0 Å². The number of aliphatic hydroxyl groups excluding tert-OH is 1. The van der Waals surface area contributed by atoms with Crippen LogP contribution in [0.1, 0.15) is 23.8 Å². The number of carboxylic acids is 1. The summed E-state index contributed by atoms with van der Waals surface area (Å²) in [6, 6.07) is 4.97. The van der Waals surface area contributed by atoms with Crippen LogP contribution in [0, 0.1) is 5.92 Å². The van der Waals surface area contributed by atoms with Crippen LogP contribution in [-0.2, 0) is 0 Å². The second-order valence-corrected chi connectivity index (χ2v) is 4.40. The molecule has 1 aliphatic rings. The van der Waals surface area contributed by atoms with Gasteiger partial charge in [0.25, 0.3) is 0 Å². The van der Waals surface area contributed by atoms with E-state index in [-0.39, 0.29) is 18.3 Å². The van der Waals surface area contributed by atoms with Crippen molar-refractivity contribution in [2.24, 2.45) is 5.92 Å². The number of aromatic carboxylic acids is 1. The van der Waals surface area contributed by atoms with Gasteiger partial charge < -0.3 is 15.1 Å². The molecule has 1 saturated heterocycles. The second-order valence-electron chi connectivity index (χ2n) is 4.40. The van der Waals surface area contributed by atoms with E-state index in [4.69, 9.17) is 5.11 Å². The summed E-state index contributed by atoms with van der Waals surface area (Å²) in [6.07, 6.45) is 0.990. The molecule has 17 heavy (non-hydrogen) atoms. The molecule has 0 saturated carbocycles. The van der Waals surface area contributed by atoms with Crippen molar-refractivity contribution in [2.75, 3.05) is 18.1 Å². The molecule has 1 aliphatic heterocycles. The number of pyridine rings is 1. The lowest BCUT2D eigenvalue weighted by atomic mass is 10.0.